The number of hydrogen-bond donors (Lipinski definition) is 1. The van der Waals surface area contributed by atoms with Gasteiger partial charge in [0.25, 0.3) is 0 Å². The lowest BCUT2D eigenvalue weighted by atomic mass is 9.64. The van der Waals surface area contributed by atoms with Gasteiger partial charge in [-0.2, -0.15) is 0 Å². The molecule has 1 rings (SSSR count). The van der Waals surface area contributed by atoms with Gasteiger partial charge in [-0.05, 0) is 12.3 Å². The SMILES string of the molecule is COC(CNC1CC(OCC(C)C)C1(C)C)OC. The molecule has 4 heteroatoms. The molecule has 0 aromatic rings. The molecule has 1 saturated carbocycles. The van der Waals surface area contributed by atoms with Gasteiger partial charge in [-0.25, -0.2) is 0 Å². The van der Waals surface area contributed by atoms with Gasteiger partial charge in [0.2, 0.25) is 0 Å². The van der Waals surface area contributed by atoms with Gasteiger partial charge in [-0.1, -0.05) is 27.7 Å². The summed E-state index contributed by atoms with van der Waals surface area (Å²) in [5, 5.41) is 3.50. The van der Waals surface area contributed by atoms with Crippen molar-refractivity contribution in [2.75, 3.05) is 27.4 Å². The van der Waals surface area contributed by atoms with E-state index in [0.29, 0.717) is 18.1 Å². The highest BCUT2D eigenvalue weighted by Gasteiger charge is 2.48. The van der Waals surface area contributed by atoms with Gasteiger partial charge >= 0.3 is 0 Å². The zero-order valence-corrected chi connectivity index (χ0v) is 12.7. The fraction of sp³-hybridized carbons (Fsp3) is 1.00. The summed E-state index contributed by atoms with van der Waals surface area (Å²) in [6.45, 7) is 10.4. The summed E-state index contributed by atoms with van der Waals surface area (Å²) in [5.41, 5.74) is 0.181. The molecular formula is C14H29NO3. The first-order valence-corrected chi connectivity index (χ1v) is 6.82. The third kappa shape index (κ3) is 3.92. The molecule has 0 aromatic carbocycles. The first-order chi connectivity index (χ1) is 8.41. The smallest absolute Gasteiger partial charge is 0.169 e. The van der Waals surface area contributed by atoms with Crippen molar-refractivity contribution in [3.05, 3.63) is 0 Å². The van der Waals surface area contributed by atoms with E-state index in [-0.39, 0.29) is 11.7 Å². The highest BCUT2D eigenvalue weighted by atomic mass is 16.7. The number of ether oxygens (including phenoxy) is 3. The Bertz CT molecular complexity index is 239. The molecular weight excluding hydrogens is 230 g/mol. The van der Waals surface area contributed by atoms with Crippen LogP contribution >= 0.6 is 0 Å². The molecule has 1 fully saturated rings. The maximum atomic E-state index is 5.94. The molecule has 2 unspecified atom stereocenters. The van der Waals surface area contributed by atoms with Crippen LogP contribution in [-0.4, -0.2) is 45.8 Å². The van der Waals surface area contributed by atoms with Crippen molar-refractivity contribution in [3.63, 3.8) is 0 Å². The zero-order chi connectivity index (χ0) is 13.8. The molecule has 1 N–H and O–H groups in total. The van der Waals surface area contributed by atoms with E-state index in [1.807, 2.05) is 0 Å². The third-order valence-corrected chi connectivity index (χ3v) is 3.87. The average molecular weight is 259 g/mol. The molecule has 0 bridgehead atoms. The van der Waals surface area contributed by atoms with Gasteiger partial charge in [-0.3, -0.25) is 0 Å². The van der Waals surface area contributed by atoms with Crippen LogP contribution in [0.1, 0.15) is 34.1 Å². The van der Waals surface area contributed by atoms with Crippen molar-refractivity contribution in [1.29, 1.82) is 0 Å². The lowest BCUT2D eigenvalue weighted by Gasteiger charge is -2.52. The van der Waals surface area contributed by atoms with Crippen LogP contribution in [0.3, 0.4) is 0 Å². The number of rotatable bonds is 8. The minimum Gasteiger partial charge on any atom is -0.377 e. The van der Waals surface area contributed by atoms with Crippen LogP contribution in [0.5, 0.6) is 0 Å². The van der Waals surface area contributed by atoms with Crippen molar-refractivity contribution in [3.8, 4) is 0 Å². The standard InChI is InChI=1S/C14H29NO3/c1-10(2)9-18-12-7-11(14(12,3)4)15-8-13(16-5)17-6/h10-13,15H,7-9H2,1-6H3. The van der Waals surface area contributed by atoms with Crippen LogP contribution in [0.4, 0.5) is 0 Å². The molecule has 1 aliphatic carbocycles. The third-order valence-electron chi connectivity index (χ3n) is 3.87. The first kappa shape index (κ1) is 15.9. The van der Waals surface area contributed by atoms with Crippen molar-refractivity contribution < 1.29 is 14.2 Å². The summed E-state index contributed by atoms with van der Waals surface area (Å²) in [6, 6.07) is 0.475. The average Bonchev–Trinajstić information content (AvgIpc) is 2.31. The summed E-state index contributed by atoms with van der Waals surface area (Å²) in [7, 11) is 3.33. The van der Waals surface area contributed by atoms with Crippen LogP contribution in [0.2, 0.25) is 0 Å². The van der Waals surface area contributed by atoms with Gasteiger partial charge in [0.05, 0.1) is 6.10 Å². The molecule has 0 aromatic heterocycles. The molecule has 2 atom stereocenters. The van der Waals surface area contributed by atoms with E-state index in [1.54, 1.807) is 14.2 Å². The van der Waals surface area contributed by atoms with E-state index in [2.05, 4.69) is 33.0 Å². The molecule has 0 saturated heterocycles. The van der Waals surface area contributed by atoms with Gasteiger partial charge in [0, 0.05) is 38.8 Å². The molecule has 0 amide bonds. The maximum absolute atomic E-state index is 5.94. The van der Waals surface area contributed by atoms with E-state index in [0.717, 1.165) is 19.6 Å². The fourth-order valence-corrected chi connectivity index (χ4v) is 2.32. The molecule has 108 valence electrons. The lowest BCUT2D eigenvalue weighted by molar-refractivity contribution is -0.137. The molecule has 0 radical (unpaired) electrons. The van der Waals surface area contributed by atoms with E-state index < -0.39 is 0 Å². The first-order valence-electron chi connectivity index (χ1n) is 6.82. The van der Waals surface area contributed by atoms with Gasteiger partial charge in [0.1, 0.15) is 0 Å². The second kappa shape index (κ2) is 6.85. The minimum atomic E-state index is -0.170. The second-order valence-corrected chi connectivity index (χ2v) is 6.13. The van der Waals surface area contributed by atoms with Crippen LogP contribution in [-0.2, 0) is 14.2 Å². The van der Waals surface area contributed by atoms with Gasteiger partial charge in [0.15, 0.2) is 6.29 Å². The Morgan fingerprint density at radius 3 is 2.28 bits per heavy atom. The van der Waals surface area contributed by atoms with E-state index in [9.17, 15) is 0 Å². The number of methoxy groups -OCH3 is 2. The lowest BCUT2D eigenvalue weighted by Crippen LogP contribution is -2.62. The van der Waals surface area contributed by atoms with Crippen molar-refractivity contribution in [2.24, 2.45) is 11.3 Å². The molecule has 0 aliphatic heterocycles. The summed E-state index contributed by atoms with van der Waals surface area (Å²) in [4.78, 5) is 0. The highest BCUT2D eigenvalue weighted by Crippen LogP contribution is 2.42. The Labute approximate surface area is 111 Å². The zero-order valence-electron chi connectivity index (χ0n) is 12.7. The van der Waals surface area contributed by atoms with Crippen molar-refractivity contribution in [2.45, 2.75) is 52.6 Å². The molecule has 1 aliphatic rings. The van der Waals surface area contributed by atoms with Gasteiger partial charge < -0.3 is 19.5 Å². The largest absolute Gasteiger partial charge is 0.377 e. The Morgan fingerprint density at radius 1 is 1.22 bits per heavy atom. The van der Waals surface area contributed by atoms with Crippen molar-refractivity contribution >= 4 is 0 Å². The summed E-state index contributed by atoms with van der Waals surface area (Å²) in [5.74, 6) is 0.596. The predicted molar refractivity (Wildman–Crippen MR) is 72.6 cm³/mol. The quantitative estimate of drug-likeness (QED) is 0.677. The topological polar surface area (TPSA) is 39.7 Å². The monoisotopic (exact) mass is 259 g/mol. The Morgan fingerprint density at radius 2 is 1.83 bits per heavy atom. The van der Waals surface area contributed by atoms with Crippen LogP contribution in [0, 0.1) is 11.3 Å². The van der Waals surface area contributed by atoms with E-state index >= 15 is 0 Å². The fourth-order valence-electron chi connectivity index (χ4n) is 2.32. The Kier molecular flexibility index (Phi) is 6.05. The maximum Gasteiger partial charge on any atom is 0.169 e. The summed E-state index contributed by atoms with van der Waals surface area (Å²) < 4.78 is 16.3. The van der Waals surface area contributed by atoms with Crippen LogP contribution < -0.4 is 5.32 Å². The number of nitrogens with one attached hydrogen (secondary N) is 1. The van der Waals surface area contributed by atoms with Crippen LogP contribution in [0.25, 0.3) is 0 Å². The highest BCUT2D eigenvalue weighted by molar-refractivity contribution is 5.02. The van der Waals surface area contributed by atoms with E-state index in [1.165, 1.54) is 0 Å². The van der Waals surface area contributed by atoms with Gasteiger partial charge in [-0.15, -0.1) is 0 Å². The number of hydrogen-bond acceptors (Lipinski definition) is 4. The second-order valence-electron chi connectivity index (χ2n) is 6.13. The minimum absolute atomic E-state index is 0.170. The molecule has 0 heterocycles. The Balaban J connectivity index is 2.30. The Hall–Kier alpha value is -0.160. The van der Waals surface area contributed by atoms with Crippen LogP contribution in [0.15, 0.2) is 0 Å². The summed E-state index contributed by atoms with van der Waals surface area (Å²) >= 11 is 0. The van der Waals surface area contributed by atoms with Crippen molar-refractivity contribution in [1.82, 2.24) is 5.32 Å². The molecule has 18 heavy (non-hydrogen) atoms. The molecule has 0 spiro atoms. The van der Waals surface area contributed by atoms with E-state index in [4.69, 9.17) is 14.2 Å². The predicted octanol–water partition coefficient (Wildman–Crippen LogP) is 2.03. The summed E-state index contributed by atoms with van der Waals surface area (Å²) in [6.07, 6.45) is 1.26. The molecule has 4 nitrogen and oxygen atoms in total. The normalized spacial score (nSPS) is 26.7.